The fraction of sp³-hybridized carbons (Fsp3) is 0.273. The molecule has 0 bridgehead atoms. The van der Waals surface area contributed by atoms with E-state index in [4.69, 9.17) is 10.4 Å². The lowest BCUT2D eigenvalue weighted by atomic mass is 10.1. The SMILES string of the molecule is CN(CCc1cc(O)cc(C#N)c1)C(=O)O. The van der Waals surface area contributed by atoms with Gasteiger partial charge < -0.3 is 15.1 Å². The normalized spacial score (nSPS) is 9.50. The van der Waals surface area contributed by atoms with Crippen LogP contribution in [0.4, 0.5) is 4.79 Å². The van der Waals surface area contributed by atoms with E-state index in [1.54, 1.807) is 6.07 Å². The van der Waals surface area contributed by atoms with E-state index >= 15 is 0 Å². The van der Waals surface area contributed by atoms with Gasteiger partial charge in [0, 0.05) is 13.6 Å². The summed E-state index contributed by atoms with van der Waals surface area (Å²) in [5.74, 6) is 0.0204. The van der Waals surface area contributed by atoms with Gasteiger partial charge in [0.05, 0.1) is 11.6 Å². The molecule has 0 atom stereocenters. The molecule has 1 aromatic rings. The molecule has 0 saturated heterocycles. The van der Waals surface area contributed by atoms with Gasteiger partial charge in [-0.05, 0) is 30.2 Å². The molecule has 0 saturated carbocycles. The highest BCUT2D eigenvalue weighted by Crippen LogP contribution is 2.15. The predicted octanol–water partition coefficient (Wildman–Crippen LogP) is 1.42. The topological polar surface area (TPSA) is 84.6 Å². The maximum absolute atomic E-state index is 10.5. The van der Waals surface area contributed by atoms with Gasteiger partial charge in [-0.25, -0.2) is 4.79 Å². The Kier molecular flexibility index (Phi) is 3.72. The highest BCUT2D eigenvalue weighted by atomic mass is 16.4. The summed E-state index contributed by atoms with van der Waals surface area (Å²) in [7, 11) is 1.47. The first-order valence-electron chi connectivity index (χ1n) is 4.70. The van der Waals surface area contributed by atoms with E-state index < -0.39 is 6.09 Å². The van der Waals surface area contributed by atoms with Gasteiger partial charge in [0.1, 0.15) is 5.75 Å². The number of carboxylic acid groups (broad SMARTS) is 1. The quantitative estimate of drug-likeness (QED) is 0.806. The summed E-state index contributed by atoms with van der Waals surface area (Å²) in [4.78, 5) is 11.7. The van der Waals surface area contributed by atoms with E-state index in [1.807, 2.05) is 6.07 Å². The molecule has 0 heterocycles. The van der Waals surface area contributed by atoms with Crippen LogP contribution in [-0.2, 0) is 6.42 Å². The lowest BCUT2D eigenvalue weighted by Crippen LogP contribution is -2.26. The van der Waals surface area contributed by atoms with Crippen LogP contribution in [0.15, 0.2) is 18.2 Å². The van der Waals surface area contributed by atoms with E-state index in [9.17, 15) is 9.90 Å². The van der Waals surface area contributed by atoms with Crippen LogP contribution in [0.25, 0.3) is 0 Å². The van der Waals surface area contributed by atoms with Crippen molar-refractivity contribution < 1.29 is 15.0 Å². The number of likely N-dealkylation sites (N-methyl/N-ethyl adjacent to an activating group) is 1. The van der Waals surface area contributed by atoms with Crippen LogP contribution in [0.3, 0.4) is 0 Å². The predicted molar refractivity (Wildman–Crippen MR) is 57.2 cm³/mol. The smallest absolute Gasteiger partial charge is 0.407 e. The third-order valence-corrected chi connectivity index (χ3v) is 2.17. The van der Waals surface area contributed by atoms with Gasteiger partial charge in [0.25, 0.3) is 0 Å². The molecule has 16 heavy (non-hydrogen) atoms. The molecule has 0 fully saturated rings. The largest absolute Gasteiger partial charge is 0.508 e. The minimum atomic E-state index is -0.999. The second-order valence-corrected chi connectivity index (χ2v) is 3.45. The van der Waals surface area contributed by atoms with Gasteiger partial charge in [-0.2, -0.15) is 5.26 Å². The van der Waals surface area contributed by atoms with Gasteiger partial charge in [-0.1, -0.05) is 0 Å². The molecule has 0 aliphatic heterocycles. The lowest BCUT2D eigenvalue weighted by Gasteiger charge is -2.12. The van der Waals surface area contributed by atoms with Crippen molar-refractivity contribution in [1.29, 1.82) is 5.26 Å². The fourth-order valence-electron chi connectivity index (χ4n) is 1.28. The fourth-order valence-corrected chi connectivity index (χ4v) is 1.28. The standard InChI is InChI=1S/C11H12N2O3/c1-13(11(15)16)3-2-8-4-9(7-12)6-10(14)5-8/h4-6,14H,2-3H2,1H3,(H,15,16). The highest BCUT2D eigenvalue weighted by molar-refractivity contribution is 5.64. The zero-order valence-electron chi connectivity index (χ0n) is 8.84. The number of phenolic OH excluding ortho intramolecular Hbond substituents is 1. The molecule has 5 nitrogen and oxygen atoms in total. The van der Waals surface area contributed by atoms with Crippen molar-refractivity contribution in [2.24, 2.45) is 0 Å². The Bertz CT molecular complexity index is 437. The van der Waals surface area contributed by atoms with Crippen LogP contribution >= 0.6 is 0 Å². The van der Waals surface area contributed by atoms with Crippen molar-refractivity contribution in [3.8, 4) is 11.8 Å². The van der Waals surface area contributed by atoms with E-state index in [-0.39, 0.29) is 5.75 Å². The van der Waals surface area contributed by atoms with Crippen molar-refractivity contribution in [3.63, 3.8) is 0 Å². The van der Waals surface area contributed by atoms with Crippen LogP contribution in [-0.4, -0.2) is 34.8 Å². The molecular weight excluding hydrogens is 208 g/mol. The number of benzene rings is 1. The molecule has 1 amide bonds. The van der Waals surface area contributed by atoms with E-state index in [2.05, 4.69) is 0 Å². The Morgan fingerprint density at radius 1 is 1.50 bits per heavy atom. The van der Waals surface area contributed by atoms with Crippen LogP contribution in [0.2, 0.25) is 0 Å². The van der Waals surface area contributed by atoms with Crippen molar-refractivity contribution in [2.75, 3.05) is 13.6 Å². The zero-order chi connectivity index (χ0) is 12.1. The summed E-state index contributed by atoms with van der Waals surface area (Å²) < 4.78 is 0. The van der Waals surface area contributed by atoms with E-state index in [1.165, 1.54) is 19.2 Å². The summed E-state index contributed by atoms with van der Waals surface area (Å²) >= 11 is 0. The Labute approximate surface area is 93.2 Å². The van der Waals surface area contributed by atoms with E-state index in [0.717, 1.165) is 10.5 Å². The highest BCUT2D eigenvalue weighted by Gasteiger charge is 2.06. The summed E-state index contributed by atoms with van der Waals surface area (Å²) in [6, 6.07) is 6.45. The summed E-state index contributed by atoms with van der Waals surface area (Å²) in [6.07, 6.45) is -0.535. The molecule has 0 spiro atoms. The lowest BCUT2D eigenvalue weighted by molar-refractivity contribution is 0.156. The molecule has 2 N–H and O–H groups in total. The average molecular weight is 220 g/mol. The number of phenols is 1. The van der Waals surface area contributed by atoms with Crippen LogP contribution < -0.4 is 0 Å². The number of nitrogens with zero attached hydrogens (tertiary/aromatic N) is 2. The molecule has 5 heteroatoms. The number of nitriles is 1. The minimum absolute atomic E-state index is 0.0204. The van der Waals surface area contributed by atoms with Gasteiger partial charge >= 0.3 is 6.09 Å². The molecule has 1 rings (SSSR count). The molecular formula is C11H12N2O3. The molecule has 1 aromatic carbocycles. The van der Waals surface area contributed by atoms with Gasteiger partial charge in [-0.15, -0.1) is 0 Å². The zero-order valence-corrected chi connectivity index (χ0v) is 8.84. The number of aromatic hydroxyl groups is 1. The van der Waals surface area contributed by atoms with Crippen molar-refractivity contribution in [3.05, 3.63) is 29.3 Å². The third-order valence-electron chi connectivity index (χ3n) is 2.17. The summed E-state index contributed by atoms with van der Waals surface area (Å²) in [5, 5.41) is 26.6. The van der Waals surface area contributed by atoms with Gasteiger partial charge in [0.2, 0.25) is 0 Å². The van der Waals surface area contributed by atoms with Gasteiger partial charge in [0.15, 0.2) is 0 Å². The Morgan fingerprint density at radius 3 is 2.75 bits per heavy atom. The minimum Gasteiger partial charge on any atom is -0.508 e. The number of hydrogen-bond donors (Lipinski definition) is 2. The molecule has 0 aromatic heterocycles. The Hall–Kier alpha value is -2.22. The summed E-state index contributed by atoms with van der Waals surface area (Å²) in [5.41, 5.74) is 1.11. The molecule has 0 radical (unpaired) electrons. The van der Waals surface area contributed by atoms with Crippen molar-refractivity contribution in [1.82, 2.24) is 4.90 Å². The number of rotatable bonds is 3. The second-order valence-electron chi connectivity index (χ2n) is 3.45. The molecule has 84 valence electrons. The number of hydrogen-bond acceptors (Lipinski definition) is 3. The van der Waals surface area contributed by atoms with Crippen molar-refractivity contribution in [2.45, 2.75) is 6.42 Å². The first-order valence-corrected chi connectivity index (χ1v) is 4.70. The molecule has 0 aliphatic rings. The van der Waals surface area contributed by atoms with Crippen LogP contribution in [0.1, 0.15) is 11.1 Å². The maximum atomic E-state index is 10.5. The van der Waals surface area contributed by atoms with Crippen LogP contribution in [0.5, 0.6) is 5.75 Å². The van der Waals surface area contributed by atoms with Crippen LogP contribution in [0, 0.1) is 11.3 Å². The molecule has 0 unspecified atom stereocenters. The number of amides is 1. The summed E-state index contributed by atoms with van der Waals surface area (Å²) in [6.45, 7) is 0.323. The van der Waals surface area contributed by atoms with E-state index in [0.29, 0.717) is 18.5 Å². The van der Waals surface area contributed by atoms with Gasteiger partial charge in [-0.3, -0.25) is 0 Å². The third kappa shape index (κ3) is 3.17. The second kappa shape index (κ2) is 5.03. The monoisotopic (exact) mass is 220 g/mol. The molecule has 0 aliphatic carbocycles. The Balaban J connectivity index is 2.71. The average Bonchev–Trinajstić information content (AvgIpc) is 2.24. The van der Waals surface area contributed by atoms with Crippen molar-refractivity contribution >= 4 is 6.09 Å². The number of carbonyl (C=O) groups is 1. The first kappa shape index (κ1) is 11.9. The first-order chi connectivity index (χ1) is 7.52. The Morgan fingerprint density at radius 2 is 2.19 bits per heavy atom. The maximum Gasteiger partial charge on any atom is 0.407 e.